The first-order valence-electron chi connectivity index (χ1n) is 7.45. The van der Waals surface area contributed by atoms with Crippen LogP contribution in [0.5, 0.6) is 0 Å². The molecule has 1 aromatic heterocycles. The molecule has 1 N–H and O–H groups in total. The van der Waals surface area contributed by atoms with Gasteiger partial charge in [0.2, 0.25) is 5.89 Å². The molecule has 1 unspecified atom stereocenters. The van der Waals surface area contributed by atoms with Crippen LogP contribution in [0, 0.1) is 5.92 Å². The van der Waals surface area contributed by atoms with Gasteiger partial charge in [0.25, 0.3) is 0 Å². The van der Waals surface area contributed by atoms with Crippen molar-refractivity contribution in [3.63, 3.8) is 0 Å². The summed E-state index contributed by atoms with van der Waals surface area (Å²) in [6, 6.07) is 7.63. The summed E-state index contributed by atoms with van der Waals surface area (Å²) in [6.07, 6.45) is 5.24. The van der Waals surface area contributed by atoms with Crippen LogP contribution in [0.25, 0.3) is 0 Å². The molecule has 0 amide bonds. The molecule has 2 aromatic rings. The Morgan fingerprint density at radius 1 is 1.29 bits per heavy atom. The van der Waals surface area contributed by atoms with E-state index in [1.807, 2.05) is 24.3 Å². The molecule has 0 radical (unpaired) electrons. The van der Waals surface area contributed by atoms with Gasteiger partial charge in [-0.3, -0.25) is 0 Å². The van der Waals surface area contributed by atoms with E-state index in [9.17, 15) is 5.11 Å². The van der Waals surface area contributed by atoms with Gasteiger partial charge in [-0.1, -0.05) is 47.8 Å². The Hall–Kier alpha value is -1.39. The Morgan fingerprint density at radius 3 is 2.81 bits per heavy atom. The Labute approximate surface area is 129 Å². The maximum absolute atomic E-state index is 10.2. The average molecular weight is 307 g/mol. The third kappa shape index (κ3) is 3.63. The van der Waals surface area contributed by atoms with Crippen LogP contribution in [0.2, 0.25) is 5.02 Å². The molecule has 1 saturated carbocycles. The minimum absolute atomic E-state index is 0.374. The molecular weight excluding hydrogens is 288 g/mol. The largest absolute Gasteiger partial charge is 0.392 e. The van der Waals surface area contributed by atoms with Crippen LogP contribution in [-0.4, -0.2) is 21.4 Å². The zero-order valence-corrected chi connectivity index (χ0v) is 12.6. The second kappa shape index (κ2) is 6.58. The SMILES string of the molecule is OC(Cc1nc(Cc2ccccc2Cl)no1)C1CCCC1. The lowest BCUT2D eigenvalue weighted by atomic mass is 9.98. The van der Waals surface area contributed by atoms with E-state index in [2.05, 4.69) is 10.1 Å². The predicted molar refractivity (Wildman–Crippen MR) is 80.2 cm³/mol. The van der Waals surface area contributed by atoms with Crippen molar-refractivity contribution in [1.82, 2.24) is 10.1 Å². The van der Waals surface area contributed by atoms with Crippen LogP contribution < -0.4 is 0 Å². The summed E-state index contributed by atoms with van der Waals surface area (Å²) in [7, 11) is 0. The van der Waals surface area contributed by atoms with E-state index in [-0.39, 0.29) is 6.10 Å². The quantitative estimate of drug-likeness (QED) is 0.919. The predicted octanol–water partition coefficient (Wildman–Crippen LogP) is 3.41. The molecular formula is C16H19ClN2O2. The molecule has 1 aromatic carbocycles. The molecule has 1 atom stereocenters. The molecule has 1 aliphatic rings. The second-order valence-electron chi connectivity index (χ2n) is 5.69. The van der Waals surface area contributed by atoms with Crippen molar-refractivity contribution in [1.29, 1.82) is 0 Å². The lowest BCUT2D eigenvalue weighted by Crippen LogP contribution is -2.20. The highest BCUT2D eigenvalue weighted by molar-refractivity contribution is 6.31. The highest BCUT2D eigenvalue weighted by atomic mass is 35.5. The topological polar surface area (TPSA) is 59.2 Å². The molecule has 0 spiro atoms. The molecule has 21 heavy (non-hydrogen) atoms. The minimum atomic E-state index is -0.374. The molecule has 3 rings (SSSR count). The third-order valence-corrected chi connectivity index (χ3v) is 4.51. The van der Waals surface area contributed by atoms with E-state index >= 15 is 0 Å². The van der Waals surface area contributed by atoms with Gasteiger partial charge in [-0.25, -0.2) is 0 Å². The summed E-state index contributed by atoms with van der Waals surface area (Å²) in [5.74, 6) is 1.50. The van der Waals surface area contributed by atoms with Crippen LogP contribution >= 0.6 is 11.6 Å². The minimum Gasteiger partial charge on any atom is -0.392 e. The summed E-state index contributed by atoms with van der Waals surface area (Å²) in [6.45, 7) is 0. The van der Waals surface area contributed by atoms with Gasteiger partial charge < -0.3 is 9.63 Å². The molecule has 1 fully saturated rings. The van der Waals surface area contributed by atoms with Crippen molar-refractivity contribution in [2.45, 2.75) is 44.6 Å². The van der Waals surface area contributed by atoms with E-state index in [0.29, 0.717) is 35.5 Å². The fourth-order valence-electron chi connectivity index (χ4n) is 2.94. The molecule has 112 valence electrons. The molecule has 5 heteroatoms. The first-order chi connectivity index (χ1) is 10.2. The van der Waals surface area contributed by atoms with E-state index in [4.69, 9.17) is 16.1 Å². The fraction of sp³-hybridized carbons (Fsp3) is 0.500. The lowest BCUT2D eigenvalue weighted by molar-refractivity contribution is 0.102. The summed E-state index contributed by atoms with van der Waals surface area (Å²) in [5, 5.41) is 14.9. The van der Waals surface area contributed by atoms with Crippen molar-refractivity contribution in [2.24, 2.45) is 5.92 Å². The van der Waals surface area contributed by atoms with E-state index in [0.717, 1.165) is 18.4 Å². The number of hydrogen-bond acceptors (Lipinski definition) is 4. The third-order valence-electron chi connectivity index (χ3n) is 4.14. The first-order valence-corrected chi connectivity index (χ1v) is 7.83. The molecule has 4 nitrogen and oxygen atoms in total. The standard InChI is InChI=1S/C16H19ClN2O2/c17-13-8-4-3-7-12(13)9-15-18-16(21-19-15)10-14(20)11-5-1-2-6-11/h3-4,7-8,11,14,20H,1-2,5-6,9-10H2. The Balaban J connectivity index is 1.62. The van der Waals surface area contributed by atoms with Crippen LogP contribution in [0.1, 0.15) is 43.0 Å². The summed E-state index contributed by atoms with van der Waals surface area (Å²) in [5.41, 5.74) is 0.975. The van der Waals surface area contributed by atoms with Crippen molar-refractivity contribution < 1.29 is 9.63 Å². The van der Waals surface area contributed by atoms with Crippen molar-refractivity contribution in [3.05, 3.63) is 46.6 Å². The number of halogens is 1. The zero-order chi connectivity index (χ0) is 14.7. The number of aliphatic hydroxyl groups is 1. The van der Waals surface area contributed by atoms with Gasteiger partial charge in [-0.05, 0) is 30.4 Å². The van der Waals surface area contributed by atoms with Gasteiger partial charge in [-0.15, -0.1) is 0 Å². The smallest absolute Gasteiger partial charge is 0.229 e. The molecule has 1 aliphatic carbocycles. The Morgan fingerprint density at radius 2 is 2.05 bits per heavy atom. The average Bonchev–Trinajstić information content (AvgIpc) is 3.13. The molecule has 0 aliphatic heterocycles. The van der Waals surface area contributed by atoms with Gasteiger partial charge in [0.05, 0.1) is 12.5 Å². The summed E-state index contributed by atoms with van der Waals surface area (Å²) in [4.78, 5) is 4.36. The lowest BCUT2D eigenvalue weighted by Gasteiger charge is -2.14. The number of rotatable bonds is 5. The normalized spacial score (nSPS) is 17.2. The van der Waals surface area contributed by atoms with Gasteiger partial charge in [0.1, 0.15) is 0 Å². The molecule has 0 bridgehead atoms. The zero-order valence-electron chi connectivity index (χ0n) is 11.8. The summed E-state index contributed by atoms with van der Waals surface area (Å²) < 4.78 is 5.24. The van der Waals surface area contributed by atoms with E-state index in [1.165, 1.54) is 12.8 Å². The monoisotopic (exact) mass is 306 g/mol. The Kier molecular flexibility index (Phi) is 4.56. The number of nitrogens with zero attached hydrogens (tertiary/aromatic N) is 2. The van der Waals surface area contributed by atoms with E-state index < -0.39 is 0 Å². The van der Waals surface area contributed by atoms with Gasteiger partial charge in [0.15, 0.2) is 5.82 Å². The highest BCUT2D eigenvalue weighted by Crippen LogP contribution is 2.29. The van der Waals surface area contributed by atoms with Crippen molar-refractivity contribution in [2.75, 3.05) is 0 Å². The highest BCUT2D eigenvalue weighted by Gasteiger charge is 2.25. The van der Waals surface area contributed by atoms with Gasteiger partial charge in [0, 0.05) is 11.4 Å². The van der Waals surface area contributed by atoms with Gasteiger partial charge in [-0.2, -0.15) is 4.98 Å². The molecule has 1 heterocycles. The van der Waals surface area contributed by atoms with Crippen LogP contribution in [0.3, 0.4) is 0 Å². The van der Waals surface area contributed by atoms with Crippen LogP contribution in [-0.2, 0) is 12.8 Å². The fourth-order valence-corrected chi connectivity index (χ4v) is 3.15. The maximum Gasteiger partial charge on any atom is 0.229 e. The maximum atomic E-state index is 10.2. The van der Waals surface area contributed by atoms with Gasteiger partial charge >= 0.3 is 0 Å². The number of aromatic nitrogens is 2. The Bertz CT molecular complexity index is 593. The number of benzene rings is 1. The second-order valence-corrected chi connectivity index (χ2v) is 6.10. The van der Waals surface area contributed by atoms with Crippen LogP contribution in [0.4, 0.5) is 0 Å². The number of aliphatic hydroxyl groups excluding tert-OH is 1. The van der Waals surface area contributed by atoms with Crippen LogP contribution in [0.15, 0.2) is 28.8 Å². The van der Waals surface area contributed by atoms with Crippen molar-refractivity contribution >= 4 is 11.6 Å². The summed E-state index contributed by atoms with van der Waals surface area (Å²) >= 11 is 6.13. The van der Waals surface area contributed by atoms with Crippen molar-refractivity contribution in [3.8, 4) is 0 Å². The number of hydrogen-bond donors (Lipinski definition) is 1. The molecule has 0 saturated heterocycles. The first kappa shape index (κ1) is 14.5. The van der Waals surface area contributed by atoms with E-state index in [1.54, 1.807) is 0 Å².